The third-order valence-corrected chi connectivity index (χ3v) is 4.61. The summed E-state index contributed by atoms with van der Waals surface area (Å²) in [7, 11) is 1.35. The van der Waals surface area contributed by atoms with Crippen LogP contribution in [0.25, 0.3) is 0 Å². The van der Waals surface area contributed by atoms with Crippen LogP contribution in [0.3, 0.4) is 0 Å². The number of ether oxygens (including phenoxy) is 2. The lowest BCUT2D eigenvalue weighted by Gasteiger charge is -2.12. The summed E-state index contributed by atoms with van der Waals surface area (Å²) in [4.78, 5) is 27.8. The van der Waals surface area contributed by atoms with Crippen molar-refractivity contribution < 1.29 is 19.1 Å². The maximum Gasteiger partial charge on any atom is 0.339 e. The molecule has 2 aromatic rings. The first-order valence-corrected chi connectivity index (χ1v) is 8.87. The number of methoxy groups -OCH3 is 1. The topological polar surface area (TPSA) is 80.4 Å². The number of hydrogen-bond donors (Lipinski definition) is 2. The van der Waals surface area contributed by atoms with Crippen LogP contribution in [0.4, 0.5) is 0 Å². The fourth-order valence-corrected chi connectivity index (χ4v) is 3.41. The Kier molecular flexibility index (Phi) is 5.30. The second-order valence-corrected chi connectivity index (χ2v) is 6.48. The number of hydrogen-bond acceptors (Lipinski definition) is 4. The number of aromatic amines is 1. The normalized spacial score (nSPS) is 15.3. The molecule has 2 heterocycles. The summed E-state index contributed by atoms with van der Waals surface area (Å²) in [5.74, 6) is 0.226. The summed E-state index contributed by atoms with van der Waals surface area (Å²) in [6.45, 7) is 4.19. The van der Waals surface area contributed by atoms with Crippen LogP contribution in [0, 0.1) is 6.92 Å². The Balaban J connectivity index is 1.71. The van der Waals surface area contributed by atoms with Gasteiger partial charge in [0.15, 0.2) is 0 Å². The van der Waals surface area contributed by atoms with Gasteiger partial charge in [-0.2, -0.15) is 0 Å². The minimum Gasteiger partial charge on any atom is -0.488 e. The van der Waals surface area contributed by atoms with Gasteiger partial charge in [-0.25, -0.2) is 4.79 Å². The van der Waals surface area contributed by atoms with Crippen LogP contribution in [0.2, 0.25) is 0 Å². The van der Waals surface area contributed by atoms with Gasteiger partial charge in [0.25, 0.3) is 5.91 Å². The summed E-state index contributed by atoms with van der Waals surface area (Å²) in [5, 5.41) is 2.92. The average molecular weight is 356 g/mol. The van der Waals surface area contributed by atoms with E-state index in [1.54, 1.807) is 6.92 Å². The fraction of sp³-hybridized carbons (Fsp3) is 0.400. The van der Waals surface area contributed by atoms with E-state index in [-0.39, 0.29) is 12.0 Å². The largest absolute Gasteiger partial charge is 0.488 e. The molecule has 0 saturated carbocycles. The highest BCUT2D eigenvalue weighted by Crippen LogP contribution is 2.28. The van der Waals surface area contributed by atoms with Gasteiger partial charge in [-0.05, 0) is 30.5 Å². The number of carbonyl (C=O) groups is 2. The Hall–Kier alpha value is -2.76. The van der Waals surface area contributed by atoms with Crippen molar-refractivity contribution in [3.63, 3.8) is 0 Å². The van der Waals surface area contributed by atoms with Crippen LogP contribution in [0.15, 0.2) is 24.3 Å². The Morgan fingerprint density at radius 3 is 2.81 bits per heavy atom. The molecular formula is C20H24N2O4. The molecule has 0 spiro atoms. The van der Waals surface area contributed by atoms with Gasteiger partial charge in [0.05, 0.1) is 19.2 Å². The highest BCUT2D eigenvalue weighted by molar-refractivity contribution is 6.00. The summed E-state index contributed by atoms with van der Waals surface area (Å²) < 4.78 is 10.7. The van der Waals surface area contributed by atoms with E-state index in [4.69, 9.17) is 9.47 Å². The van der Waals surface area contributed by atoms with Crippen molar-refractivity contribution in [2.24, 2.45) is 0 Å². The van der Waals surface area contributed by atoms with E-state index in [1.807, 2.05) is 31.2 Å². The predicted octanol–water partition coefficient (Wildman–Crippen LogP) is 2.80. The maximum absolute atomic E-state index is 12.7. The Morgan fingerprint density at radius 1 is 1.35 bits per heavy atom. The standard InChI is InChI=1S/C20H24N2O4/c1-4-7-15-17(20(24)25-3)12(2)22-18(15)19(23)21-11-14-10-13-8-5-6-9-16(13)26-14/h5-6,8-9,14,22H,4,7,10-11H2,1-3H3,(H,21,23). The summed E-state index contributed by atoms with van der Waals surface area (Å²) in [6.07, 6.45) is 2.14. The predicted molar refractivity (Wildman–Crippen MR) is 97.8 cm³/mol. The number of para-hydroxylation sites is 1. The fourth-order valence-electron chi connectivity index (χ4n) is 3.41. The van der Waals surface area contributed by atoms with E-state index in [2.05, 4.69) is 10.3 Å². The molecule has 1 unspecified atom stereocenters. The van der Waals surface area contributed by atoms with Crippen molar-refractivity contribution >= 4 is 11.9 Å². The van der Waals surface area contributed by atoms with Crippen LogP contribution in [0.5, 0.6) is 5.75 Å². The smallest absolute Gasteiger partial charge is 0.339 e. The van der Waals surface area contributed by atoms with Gasteiger partial charge in [0.2, 0.25) is 0 Å². The van der Waals surface area contributed by atoms with Gasteiger partial charge in [-0.15, -0.1) is 0 Å². The second kappa shape index (κ2) is 7.64. The molecule has 0 fully saturated rings. The molecule has 0 radical (unpaired) electrons. The summed E-state index contributed by atoms with van der Waals surface area (Å²) in [6, 6.07) is 7.89. The van der Waals surface area contributed by atoms with E-state index < -0.39 is 5.97 Å². The molecule has 6 nitrogen and oxygen atoms in total. The highest BCUT2D eigenvalue weighted by Gasteiger charge is 2.26. The molecule has 1 aromatic heterocycles. The SMILES string of the molecule is CCCc1c(C(=O)NCC2Cc3ccccc3O2)[nH]c(C)c1C(=O)OC. The second-order valence-electron chi connectivity index (χ2n) is 6.48. The maximum atomic E-state index is 12.7. The Morgan fingerprint density at radius 2 is 2.12 bits per heavy atom. The van der Waals surface area contributed by atoms with Gasteiger partial charge in [-0.1, -0.05) is 31.5 Å². The number of esters is 1. The lowest BCUT2D eigenvalue weighted by atomic mass is 10.0. The third-order valence-electron chi connectivity index (χ3n) is 4.61. The number of benzene rings is 1. The van der Waals surface area contributed by atoms with E-state index in [9.17, 15) is 9.59 Å². The van der Waals surface area contributed by atoms with E-state index >= 15 is 0 Å². The molecule has 0 saturated heterocycles. The van der Waals surface area contributed by atoms with Gasteiger partial charge in [-0.3, -0.25) is 4.79 Å². The average Bonchev–Trinajstić information content (AvgIpc) is 3.20. The molecule has 1 amide bonds. The number of carbonyl (C=O) groups excluding carboxylic acids is 2. The summed E-state index contributed by atoms with van der Waals surface area (Å²) in [5.41, 5.74) is 3.41. The molecule has 2 N–H and O–H groups in total. The van der Waals surface area contributed by atoms with Gasteiger partial charge in [0.1, 0.15) is 17.5 Å². The lowest BCUT2D eigenvalue weighted by Crippen LogP contribution is -2.35. The minimum absolute atomic E-state index is 0.0814. The number of aryl methyl sites for hydroxylation is 1. The molecule has 138 valence electrons. The molecule has 1 aliphatic heterocycles. The Labute approximate surface area is 152 Å². The van der Waals surface area contributed by atoms with Gasteiger partial charge in [0, 0.05) is 12.1 Å². The number of aromatic nitrogens is 1. The number of fused-ring (bicyclic) bond motifs is 1. The van der Waals surface area contributed by atoms with Crippen LogP contribution in [-0.4, -0.2) is 36.6 Å². The number of H-pyrrole nitrogens is 1. The highest BCUT2D eigenvalue weighted by atomic mass is 16.5. The first kappa shape index (κ1) is 18.0. The third kappa shape index (κ3) is 3.45. The van der Waals surface area contributed by atoms with E-state index in [1.165, 1.54) is 7.11 Å². The van der Waals surface area contributed by atoms with E-state index in [0.29, 0.717) is 35.5 Å². The molecule has 0 bridgehead atoms. The molecule has 1 aromatic carbocycles. The first-order chi connectivity index (χ1) is 12.5. The zero-order valence-electron chi connectivity index (χ0n) is 15.3. The molecule has 26 heavy (non-hydrogen) atoms. The first-order valence-electron chi connectivity index (χ1n) is 8.87. The molecule has 3 rings (SSSR count). The molecule has 0 aliphatic carbocycles. The van der Waals surface area contributed by atoms with Gasteiger partial charge >= 0.3 is 5.97 Å². The lowest BCUT2D eigenvalue weighted by molar-refractivity contribution is 0.0599. The molecule has 1 atom stereocenters. The van der Waals surface area contributed by atoms with Crippen molar-refractivity contribution in [2.45, 2.75) is 39.2 Å². The van der Waals surface area contributed by atoms with Crippen LogP contribution in [0.1, 0.15) is 51.0 Å². The monoisotopic (exact) mass is 356 g/mol. The number of rotatable bonds is 6. The van der Waals surface area contributed by atoms with Crippen molar-refractivity contribution in [3.05, 3.63) is 52.3 Å². The number of amides is 1. The van der Waals surface area contributed by atoms with Crippen molar-refractivity contribution in [3.8, 4) is 5.75 Å². The van der Waals surface area contributed by atoms with Crippen LogP contribution in [-0.2, 0) is 17.6 Å². The van der Waals surface area contributed by atoms with Crippen LogP contribution >= 0.6 is 0 Å². The molecule has 1 aliphatic rings. The minimum atomic E-state index is -0.421. The summed E-state index contributed by atoms with van der Waals surface area (Å²) >= 11 is 0. The zero-order valence-corrected chi connectivity index (χ0v) is 15.3. The van der Waals surface area contributed by atoms with Crippen molar-refractivity contribution in [2.75, 3.05) is 13.7 Å². The Bertz CT molecular complexity index is 800. The van der Waals surface area contributed by atoms with Crippen molar-refractivity contribution in [1.29, 1.82) is 0 Å². The van der Waals surface area contributed by atoms with E-state index in [0.717, 1.165) is 24.2 Å². The molecule has 6 heteroatoms. The van der Waals surface area contributed by atoms with Gasteiger partial charge < -0.3 is 19.8 Å². The quantitative estimate of drug-likeness (QED) is 0.780. The zero-order chi connectivity index (χ0) is 18.7. The molecular weight excluding hydrogens is 332 g/mol. The van der Waals surface area contributed by atoms with Crippen molar-refractivity contribution in [1.82, 2.24) is 10.3 Å². The number of nitrogens with one attached hydrogen (secondary N) is 2. The van der Waals surface area contributed by atoms with Crippen LogP contribution < -0.4 is 10.1 Å².